The molecule has 1 nitrogen and oxygen atoms in total. The third-order valence-corrected chi connectivity index (χ3v) is 10.4. The van der Waals surface area contributed by atoms with E-state index in [9.17, 15) is 0 Å². The molecule has 0 amide bonds. The van der Waals surface area contributed by atoms with Gasteiger partial charge >= 0.3 is 0 Å². The van der Waals surface area contributed by atoms with Crippen LogP contribution in [0.2, 0.25) is 0 Å². The summed E-state index contributed by atoms with van der Waals surface area (Å²) in [6.45, 7) is 0. The van der Waals surface area contributed by atoms with Crippen LogP contribution in [0.1, 0.15) is 0 Å². The first-order valence-corrected chi connectivity index (χ1v) is 10.8. The molecule has 1 heterocycles. The maximum atomic E-state index is 3.64. The minimum Gasteiger partial charge on any atom is -0.352 e. The SMILES string of the molecule is Brc1cc2c(c(Br)c1Br)Nc1c(cc(Br)c(Br)c1Br)S2. The van der Waals surface area contributed by atoms with Crippen molar-refractivity contribution < 1.29 is 0 Å². The Hall–Kier alpha value is 1.47. The largest absolute Gasteiger partial charge is 0.352 e. The summed E-state index contributed by atoms with van der Waals surface area (Å²) in [7, 11) is 0. The van der Waals surface area contributed by atoms with Crippen LogP contribution in [0.4, 0.5) is 11.4 Å². The van der Waals surface area contributed by atoms with Gasteiger partial charge in [0, 0.05) is 27.7 Å². The Morgan fingerprint density at radius 3 is 1.45 bits per heavy atom. The van der Waals surface area contributed by atoms with Gasteiger partial charge in [-0.3, -0.25) is 0 Å². The summed E-state index contributed by atoms with van der Waals surface area (Å²) in [4.78, 5) is 2.33. The molecule has 104 valence electrons. The van der Waals surface area contributed by atoms with E-state index in [4.69, 9.17) is 0 Å². The van der Waals surface area contributed by atoms with Crippen LogP contribution in [-0.4, -0.2) is 0 Å². The molecular weight excluding hydrogens is 670 g/mol. The van der Waals surface area contributed by atoms with Crippen molar-refractivity contribution in [1.82, 2.24) is 0 Å². The summed E-state index contributed by atoms with van der Waals surface area (Å²) < 4.78 is 6.06. The molecule has 20 heavy (non-hydrogen) atoms. The van der Waals surface area contributed by atoms with Crippen LogP contribution in [0.15, 0.2) is 48.8 Å². The number of benzene rings is 2. The monoisotopic (exact) mass is 667 g/mol. The minimum absolute atomic E-state index is 1.00. The Kier molecular flexibility index (Phi) is 5.04. The van der Waals surface area contributed by atoms with E-state index in [1.165, 1.54) is 9.79 Å². The van der Waals surface area contributed by atoms with Crippen molar-refractivity contribution in [3.05, 3.63) is 39.0 Å². The molecule has 0 bridgehead atoms. The number of fused-ring (bicyclic) bond motifs is 2. The molecule has 0 saturated carbocycles. The highest BCUT2D eigenvalue weighted by Gasteiger charge is 2.24. The third kappa shape index (κ3) is 2.71. The van der Waals surface area contributed by atoms with Crippen molar-refractivity contribution in [2.45, 2.75) is 9.79 Å². The van der Waals surface area contributed by atoms with Crippen molar-refractivity contribution in [1.29, 1.82) is 0 Å². The molecule has 2 aromatic rings. The lowest BCUT2D eigenvalue weighted by Crippen LogP contribution is -2.03. The maximum absolute atomic E-state index is 3.64. The van der Waals surface area contributed by atoms with Crippen molar-refractivity contribution in [3.63, 3.8) is 0 Å². The molecule has 1 N–H and O–H groups in total. The standard InChI is InChI=1S/C12H3Br6NS/c13-3-1-5-11(9(17)7(3)15)19-12-6(20-5)2-4(14)8(16)10(12)18/h1-2,19H. The molecule has 0 aliphatic carbocycles. The lowest BCUT2D eigenvalue weighted by atomic mass is 10.2. The van der Waals surface area contributed by atoms with Gasteiger partial charge < -0.3 is 5.32 Å². The molecule has 0 atom stereocenters. The van der Waals surface area contributed by atoms with Crippen LogP contribution in [0, 0.1) is 0 Å². The second-order valence-corrected chi connectivity index (χ2v) is 9.91. The second kappa shape index (κ2) is 6.17. The molecule has 0 radical (unpaired) electrons. The number of rotatable bonds is 0. The smallest absolute Gasteiger partial charge is 0.0683 e. The molecule has 2 aromatic carbocycles. The Balaban J connectivity index is 2.22. The zero-order chi connectivity index (χ0) is 14.6. The summed E-state index contributed by atoms with van der Waals surface area (Å²) in [5, 5.41) is 3.50. The van der Waals surface area contributed by atoms with Crippen molar-refractivity contribution in [3.8, 4) is 0 Å². The molecule has 1 aliphatic rings. The summed E-state index contributed by atoms with van der Waals surface area (Å²) in [5.41, 5.74) is 2.12. The molecule has 0 fully saturated rings. The predicted molar refractivity (Wildman–Crippen MR) is 106 cm³/mol. The normalized spacial score (nSPS) is 12.7. The highest BCUT2D eigenvalue weighted by atomic mass is 79.9. The van der Waals surface area contributed by atoms with Crippen LogP contribution in [0.5, 0.6) is 0 Å². The van der Waals surface area contributed by atoms with E-state index >= 15 is 0 Å². The first-order chi connectivity index (χ1) is 9.40. The molecular formula is C12H3Br6NS. The fraction of sp³-hybridized carbons (Fsp3) is 0. The van der Waals surface area contributed by atoms with Crippen molar-refractivity contribution in [2.24, 2.45) is 0 Å². The number of hydrogen-bond donors (Lipinski definition) is 1. The predicted octanol–water partition coefficient (Wildman–Crippen LogP) is 8.47. The van der Waals surface area contributed by atoms with Crippen LogP contribution in [0.25, 0.3) is 0 Å². The van der Waals surface area contributed by atoms with Gasteiger partial charge in [0.15, 0.2) is 0 Å². The quantitative estimate of drug-likeness (QED) is 0.241. The fourth-order valence-corrected chi connectivity index (χ4v) is 6.51. The number of nitrogens with one attached hydrogen (secondary N) is 1. The second-order valence-electron chi connectivity index (χ2n) is 3.95. The zero-order valence-corrected chi connectivity index (χ0v) is 19.7. The summed E-state index contributed by atoms with van der Waals surface area (Å²) >= 11 is 23.3. The van der Waals surface area contributed by atoms with Gasteiger partial charge in [-0.15, -0.1) is 0 Å². The van der Waals surface area contributed by atoms with E-state index in [1.54, 1.807) is 11.8 Å². The highest BCUT2D eigenvalue weighted by Crippen LogP contribution is 2.54. The van der Waals surface area contributed by atoms with E-state index in [2.05, 4.69) is 113 Å². The van der Waals surface area contributed by atoms with Gasteiger partial charge in [0.05, 0.1) is 20.3 Å². The topological polar surface area (TPSA) is 12.0 Å². The average Bonchev–Trinajstić information content (AvgIpc) is 2.41. The molecule has 0 spiro atoms. The van der Waals surface area contributed by atoms with E-state index < -0.39 is 0 Å². The third-order valence-electron chi connectivity index (χ3n) is 2.72. The van der Waals surface area contributed by atoms with Gasteiger partial charge in [-0.1, -0.05) is 11.8 Å². The summed E-state index contributed by atoms with van der Waals surface area (Å²) in [6.07, 6.45) is 0. The summed E-state index contributed by atoms with van der Waals surface area (Å²) in [6, 6.07) is 4.21. The number of hydrogen-bond acceptors (Lipinski definition) is 2. The van der Waals surface area contributed by atoms with E-state index in [0.29, 0.717) is 0 Å². The Labute approximate surface area is 170 Å². The molecule has 0 saturated heterocycles. The van der Waals surface area contributed by atoms with Crippen molar-refractivity contribution in [2.75, 3.05) is 5.32 Å². The van der Waals surface area contributed by atoms with E-state index in [-0.39, 0.29) is 0 Å². The van der Waals surface area contributed by atoms with Gasteiger partial charge in [0.2, 0.25) is 0 Å². The van der Waals surface area contributed by atoms with Gasteiger partial charge in [0.25, 0.3) is 0 Å². The van der Waals surface area contributed by atoms with E-state index in [1.807, 2.05) is 0 Å². The zero-order valence-electron chi connectivity index (χ0n) is 9.33. The fourth-order valence-electron chi connectivity index (χ4n) is 1.78. The lowest BCUT2D eigenvalue weighted by molar-refractivity contribution is 1.26. The van der Waals surface area contributed by atoms with E-state index in [0.717, 1.165) is 38.2 Å². The number of anilines is 2. The molecule has 0 unspecified atom stereocenters. The average molecular weight is 673 g/mol. The van der Waals surface area contributed by atoms with Gasteiger partial charge in [-0.2, -0.15) is 0 Å². The maximum Gasteiger partial charge on any atom is 0.0683 e. The summed E-state index contributed by atoms with van der Waals surface area (Å²) in [5.74, 6) is 0. The first kappa shape index (κ1) is 16.3. The van der Waals surface area contributed by atoms with Crippen LogP contribution < -0.4 is 5.32 Å². The lowest BCUT2D eigenvalue weighted by Gasteiger charge is -2.25. The van der Waals surface area contributed by atoms with Crippen molar-refractivity contribution >= 4 is 119 Å². The molecule has 8 heteroatoms. The van der Waals surface area contributed by atoms with Crippen LogP contribution in [-0.2, 0) is 0 Å². The van der Waals surface area contributed by atoms with Gasteiger partial charge in [-0.05, 0) is 108 Å². The Morgan fingerprint density at radius 2 is 1.05 bits per heavy atom. The molecule has 1 aliphatic heterocycles. The van der Waals surface area contributed by atoms with Gasteiger partial charge in [-0.25, -0.2) is 0 Å². The van der Waals surface area contributed by atoms with Gasteiger partial charge in [0.1, 0.15) is 0 Å². The minimum atomic E-state index is 1.00. The van der Waals surface area contributed by atoms with Crippen LogP contribution >= 0.6 is 107 Å². The number of halogens is 6. The Morgan fingerprint density at radius 1 is 0.650 bits per heavy atom. The molecule has 3 rings (SSSR count). The first-order valence-electron chi connectivity index (χ1n) is 5.20. The van der Waals surface area contributed by atoms with Crippen LogP contribution in [0.3, 0.4) is 0 Å². The Bertz CT molecular complexity index is 684. The highest BCUT2D eigenvalue weighted by molar-refractivity contribution is 9.15. The molecule has 0 aromatic heterocycles.